The van der Waals surface area contributed by atoms with E-state index in [1.807, 2.05) is 17.9 Å². The third-order valence-electron chi connectivity index (χ3n) is 4.89. The number of ether oxygens (including phenoxy) is 1. The Hall–Kier alpha value is -2.53. The molecule has 1 aromatic heterocycles. The quantitative estimate of drug-likeness (QED) is 0.579. The molecule has 1 aliphatic heterocycles. The maximum atomic E-state index is 13.5. The van der Waals surface area contributed by atoms with Crippen molar-refractivity contribution in [3.8, 4) is 5.75 Å². The fourth-order valence-corrected chi connectivity index (χ4v) is 3.78. The van der Waals surface area contributed by atoms with Crippen LogP contribution in [0.25, 0.3) is 11.0 Å². The van der Waals surface area contributed by atoms with Crippen molar-refractivity contribution >= 4 is 28.3 Å². The highest BCUT2D eigenvalue weighted by Gasteiger charge is 2.23. The summed E-state index contributed by atoms with van der Waals surface area (Å²) in [6.45, 7) is 4.89. The molecule has 0 fully saturated rings. The van der Waals surface area contributed by atoms with Crippen molar-refractivity contribution in [1.29, 1.82) is 0 Å². The van der Waals surface area contributed by atoms with Crippen LogP contribution in [0.2, 0.25) is 5.02 Å². The third-order valence-corrected chi connectivity index (χ3v) is 5.18. The molecule has 1 aliphatic rings. The largest absolute Gasteiger partial charge is 0.472 e. The van der Waals surface area contributed by atoms with E-state index in [-0.39, 0.29) is 10.6 Å². The molecule has 27 heavy (non-hydrogen) atoms. The zero-order valence-electron chi connectivity index (χ0n) is 15.1. The summed E-state index contributed by atoms with van der Waals surface area (Å²) in [5.41, 5.74) is 3.84. The number of hydrogen-bond acceptors (Lipinski definition) is 4. The van der Waals surface area contributed by atoms with Crippen LogP contribution in [0.3, 0.4) is 0 Å². The van der Waals surface area contributed by atoms with Gasteiger partial charge in [0.15, 0.2) is 6.73 Å². The fourth-order valence-electron chi connectivity index (χ4n) is 3.61. The summed E-state index contributed by atoms with van der Waals surface area (Å²) in [6.07, 6.45) is 1.74. The first-order valence-electron chi connectivity index (χ1n) is 8.90. The standard InChI is InChI=1S/C21H19ClFNO3/c1-3-4-13-8-19(25)27-21-12(2)20-14(7-16(13)21)10-24(11-26-20)15-5-6-18(23)17(22)9-15/h5-9H,3-4,10-11H2,1-2H3. The van der Waals surface area contributed by atoms with Gasteiger partial charge in [-0.3, -0.25) is 0 Å². The number of rotatable bonds is 3. The highest BCUT2D eigenvalue weighted by atomic mass is 35.5. The number of nitrogens with zero attached hydrogens (tertiary/aromatic N) is 1. The molecule has 0 bridgehead atoms. The Kier molecular flexibility index (Phi) is 4.56. The van der Waals surface area contributed by atoms with E-state index in [2.05, 4.69) is 6.92 Å². The van der Waals surface area contributed by atoms with Crippen LogP contribution in [0.4, 0.5) is 10.1 Å². The summed E-state index contributed by atoms with van der Waals surface area (Å²) in [6, 6.07) is 8.24. The molecule has 2 aromatic carbocycles. The van der Waals surface area contributed by atoms with Crippen molar-refractivity contribution in [3.63, 3.8) is 0 Å². The van der Waals surface area contributed by atoms with Gasteiger partial charge in [-0.25, -0.2) is 9.18 Å². The minimum absolute atomic E-state index is 0.0833. The average molecular weight is 388 g/mol. The van der Waals surface area contributed by atoms with Crippen molar-refractivity contribution < 1.29 is 13.5 Å². The molecule has 0 spiro atoms. The monoisotopic (exact) mass is 387 g/mol. The molecule has 0 radical (unpaired) electrons. The van der Waals surface area contributed by atoms with Gasteiger partial charge in [-0.05, 0) is 43.2 Å². The lowest BCUT2D eigenvalue weighted by Gasteiger charge is -2.32. The summed E-state index contributed by atoms with van der Waals surface area (Å²) in [5.74, 6) is 0.295. The van der Waals surface area contributed by atoms with Gasteiger partial charge in [-0.1, -0.05) is 24.9 Å². The molecule has 4 rings (SSSR count). The molecule has 0 atom stereocenters. The van der Waals surface area contributed by atoms with E-state index in [4.69, 9.17) is 20.8 Å². The molecular formula is C21H19ClFNO3. The molecule has 0 unspecified atom stereocenters. The summed E-state index contributed by atoms with van der Waals surface area (Å²) >= 11 is 5.92. The van der Waals surface area contributed by atoms with Crippen LogP contribution in [0.15, 0.2) is 39.5 Å². The molecule has 3 aromatic rings. The topological polar surface area (TPSA) is 42.7 Å². The molecule has 6 heteroatoms. The van der Waals surface area contributed by atoms with E-state index in [1.165, 1.54) is 6.07 Å². The second-order valence-electron chi connectivity index (χ2n) is 6.78. The first kappa shape index (κ1) is 17.9. The van der Waals surface area contributed by atoms with Crippen LogP contribution in [0.5, 0.6) is 5.75 Å². The number of halogens is 2. The van der Waals surface area contributed by atoms with Crippen LogP contribution in [0, 0.1) is 12.7 Å². The molecule has 2 heterocycles. The van der Waals surface area contributed by atoms with Crippen LogP contribution in [0.1, 0.15) is 30.0 Å². The van der Waals surface area contributed by atoms with Gasteiger partial charge in [-0.2, -0.15) is 0 Å². The summed E-state index contributed by atoms with van der Waals surface area (Å²) < 4.78 is 24.9. The third kappa shape index (κ3) is 3.16. The van der Waals surface area contributed by atoms with Gasteiger partial charge in [0.1, 0.15) is 17.1 Å². The first-order chi connectivity index (χ1) is 13.0. The van der Waals surface area contributed by atoms with Crippen LogP contribution >= 0.6 is 11.6 Å². The predicted octanol–water partition coefficient (Wildman–Crippen LogP) is 5.20. The van der Waals surface area contributed by atoms with Gasteiger partial charge in [0.05, 0.1) is 5.02 Å². The Bertz CT molecular complexity index is 1090. The van der Waals surface area contributed by atoms with Crippen LogP contribution in [-0.2, 0) is 13.0 Å². The Morgan fingerprint density at radius 3 is 2.81 bits per heavy atom. The van der Waals surface area contributed by atoms with Crippen molar-refractivity contribution in [3.05, 3.63) is 68.3 Å². The van der Waals surface area contributed by atoms with E-state index >= 15 is 0 Å². The highest BCUT2D eigenvalue weighted by Crippen LogP contribution is 2.37. The lowest BCUT2D eigenvalue weighted by molar-refractivity contribution is 0.287. The number of anilines is 1. The molecule has 4 nitrogen and oxygen atoms in total. The van der Waals surface area contributed by atoms with Crippen LogP contribution < -0.4 is 15.3 Å². The number of hydrogen-bond donors (Lipinski definition) is 0. The van der Waals surface area contributed by atoms with Crippen molar-refractivity contribution in [2.45, 2.75) is 33.2 Å². The second-order valence-corrected chi connectivity index (χ2v) is 7.18. The van der Waals surface area contributed by atoms with E-state index in [0.29, 0.717) is 18.9 Å². The number of fused-ring (bicyclic) bond motifs is 2. The van der Waals surface area contributed by atoms with E-state index < -0.39 is 5.82 Å². The van der Waals surface area contributed by atoms with E-state index in [1.54, 1.807) is 18.2 Å². The molecule has 0 saturated heterocycles. The first-order valence-corrected chi connectivity index (χ1v) is 9.27. The Morgan fingerprint density at radius 2 is 2.07 bits per heavy atom. The van der Waals surface area contributed by atoms with Gasteiger partial charge < -0.3 is 14.1 Å². The Labute approximate surface area is 161 Å². The van der Waals surface area contributed by atoms with Crippen LogP contribution in [-0.4, -0.2) is 6.73 Å². The predicted molar refractivity (Wildman–Crippen MR) is 104 cm³/mol. The van der Waals surface area contributed by atoms with Crippen molar-refractivity contribution in [1.82, 2.24) is 0 Å². The Balaban J connectivity index is 1.80. The second kappa shape index (κ2) is 6.89. The van der Waals surface area contributed by atoms with E-state index in [9.17, 15) is 9.18 Å². The molecule has 0 amide bonds. The number of aryl methyl sites for hydroxylation is 2. The Morgan fingerprint density at radius 1 is 1.26 bits per heavy atom. The molecule has 0 N–H and O–H groups in total. The lowest BCUT2D eigenvalue weighted by atomic mass is 9.98. The average Bonchev–Trinajstić information content (AvgIpc) is 2.65. The lowest BCUT2D eigenvalue weighted by Crippen LogP contribution is -2.32. The smallest absolute Gasteiger partial charge is 0.336 e. The zero-order chi connectivity index (χ0) is 19.1. The van der Waals surface area contributed by atoms with Gasteiger partial charge in [0.2, 0.25) is 0 Å². The summed E-state index contributed by atoms with van der Waals surface area (Å²) in [4.78, 5) is 13.9. The summed E-state index contributed by atoms with van der Waals surface area (Å²) in [7, 11) is 0. The molecular weight excluding hydrogens is 369 g/mol. The maximum Gasteiger partial charge on any atom is 0.336 e. The zero-order valence-corrected chi connectivity index (χ0v) is 15.9. The van der Waals surface area contributed by atoms with Crippen molar-refractivity contribution in [2.24, 2.45) is 0 Å². The molecule has 140 valence electrons. The van der Waals surface area contributed by atoms with Crippen molar-refractivity contribution in [2.75, 3.05) is 11.6 Å². The fraction of sp³-hybridized carbons (Fsp3) is 0.286. The van der Waals surface area contributed by atoms with Gasteiger partial charge >= 0.3 is 5.63 Å². The SMILES string of the molecule is CCCc1cc(=O)oc2c(C)c3c(cc12)CN(c1ccc(F)c(Cl)c1)CO3. The minimum atomic E-state index is -0.445. The highest BCUT2D eigenvalue weighted by molar-refractivity contribution is 6.31. The van der Waals surface area contributed by atoms with Gasteiger partial charge in [-0.15, -0.1) is 0 Å². The summed E-state index contributed by atoms with van der Waals surface area (Å²) in [5, 5.41) is 1.02. The molecule has 0 saturated carbocycles. The normalized spacial score (nSPS) is 13.6. The molecule has 0 aliphatic carbocycles. The number of benzene rings is 2. The minimum Gasteiger partial charge on any atom is -0.472 e. The van der Waals surface area contributed by atoms with E-state index in [0.717, 1.165) is 46.4 Å². The maximum absolute atomic E-state index is 13.5. The van der Waals surface area contributed by atoms with Gasteiger partial charge in [0, 0.05) is 34.8 Å². The van der Waals surface area contributed by atoms with Gasteiger partial charge in [0.25, 0.3) is 0 Å².